The lowest BCUT2D eigenvalue weighted by Gasteiger charge is -2.39. The molecule has 0 saturated carbocycles. The monoisotopic (exact) mass is 228 g/mol. The van der Waals surface area contributed by atoms with Crippen LogP contribution in [0.1, 0.15) is 60.8 Å². The summed E-state index contributed by atoms with van der Waals surface area (Å²) < 4.78 is 0. The first kappa shape index (κ1) is 15.9. The van der Waals surface area contributed by atoms with Crippen molar-refractivity contribution in [1.82, 2.24) is 10.2 Å². The molecule has 16 heavy (non-hydrogen) atoms. The summed E-state index contributed by atoms with van der Waals surface area (Å²) in [5.74, 6) is 0. The molecule has 2 nitrogen and oxygen atoms in total. The standard InChI is InChI=1S/C14H32N2/c1-8-10-12(3)15-11-13(4)16(7)14(5,6)9-2/h12-13,15H,8-11H2,1-7H3. The summed E-state index contributed by atoms with van der Waals surface area (Å²) >= 11 is 0. The highest BCUT2D eigenvalue weighted by Crippen LogP contribution is 2.18. The van der Waals surface area contributed by atoms with Crippen LogP contribution in [0.15, 0.2) is 0 Å². The van der Waals surface area contributed by atoms with Crippen LogP contribution in [0.2, 0.25) is 0 Å². The minimum absolute atomic E-state index is 0.301. The summed E-state index contributed by atoms with van der Waals surface area (Å²) in [6.07, 6.45) is 3.73. The SMILES string of the molecule is CCCC(C)NCC(C)N(C)C(C)(C)CC. The molecule has 0 rings (SSSR count). The quantitative estimate of drug-likeness (QED) is 0.686. The Bertz CT molecular complexity index is 178. The van der Waals surface area contributed by atoms with Crippen molar-refractivity contribution in [1.29, 1.82) is 0 Å². The molecule has 0 bridgehead atoms. The number of nitrogens with zero attached hydrogens (tertiary/aromatic N) is 1. The Balaban J connectivity index is 4.01. The van der Waals surface area contributed by atoms with Gasteiger partial charge in [-0.15, -0.1) is 0 Å². The molecular weight excluding hydrogens is 196 g/mol. The highest BCUT2D eigenvalue weighted by Gasteiger charge is 2.25. The summed E-state index contributed by atoms with van der Waals surface area (Å²) in [7, 11) is 2.24. The predicted octanol–water partition coefficient (Wildman–Crippen LogP) is 3.27. The molecule has 0 aromatic heterocycles. The van der Waals surface area contributed by atoms with Crippen LogP contribution in [-0.2, 0) is 0 Å². The van der Waals surface area contributed by atoms with Gasteiger partial charge in [0.2, 0.25) is 0 Å². The third kappa shape index (κ3) is 5.31. The first-order chi connectivity index (χ1) is 7.35. The molecule has 0 heterocycles. The van der Waals surface area contributed by atoms with Crippen LogP contribution in [0.4, 0.5) is 0 Å². The average Bonchev–Trinajstić information content (AvgIpc) is 2.25. The second-order valence-electron chi connectivity index (χ2n) is 5.72. The molecule has 0 fully saturated rings. The second kappa shape index (κ2) is 7.29. The van der Waals surface area contributed by atoms with Crippen molar-refractivity contribution in [2.75, 3.05) is 13.6 Å². The molecule has 0 aliphatic rings. The van der Waals surface area contributed by atoms with Gasteiger partial charge in [-0.1, -0.05) is 20.3 Å². The van der Waals surface area contributed by atoms with Gasteiger partial charge in [0, 0.05) is 24.2 Å². The Labute approximate surface area is 103 Å². The first-order valence-electron chi connectivity index (χ1n) is 6.81. The lowest BCUT2D eigenvalue weighted by atomic mass is 9.98. The van der Waals surface area contributed by atoms with E-state index in [4.69, 9.17) is 0 Å². The van der Waals surface area contributed by atoms with Crippen molar-refractivity contribution in [3.05, 3.63) is 0 Å². The van der Waals surface area contributed by atoms with Gasteiger partial charge in [0.25, 0.3) is 0 Å². The van der Waals surface area contributed by atoms with Crippen molar-refractivity contribution in [3.8, 4) is 0 Å². The maximum Gasteiger partial charge on any atom is 0.0194 e. The normalized spacial score (nSPS) is 16.5. The highest BCUT2D eigenvalue weighted by molar-refractivity contribution is 4.82. The molecule has 1 N–H and O–H groups in total. The lowest BCUT2D eigenvalue weighted by Crippen LogP contribution is -2.50. The van der Waals surface area contributed by atoms with Gasteiger partial charge in [-0.05, 0) is 47.6 Å². The summed E-state index contributed by atoms with van der Waals surface area (Å²) in [5.41, 5.74) is 0.301. The van der Waals surface area contributed by atoms with Crippen molar-refractivity contribution in [3.63, 3.8) is 0 Å². The first-order valence-corrected chi connectivity index (χ1v) is 6.81. The fourth-order valence-electron chi connectivity index (χ4n) is 1.89. The molecule has 0 saturated heterocycles. The van der Waals surface area contributed by atoms with Gasteiger partial charge in [-0.25, -0.2) is 0 Å². The zero-order valence-electron chi connectivity index (χ0n) is 12.4. The Morgan fingerprint density at radius 3 is 2.19 bits per heavy atom. The molecule has 0 aromatic carbocycles. The molecular formula is C14H32N2. The van der Waals surface area contributed by atoms with Gasteiger partial charge in [-0.3, -0.25) is 4.90 Å². The van der Waals surface area contributed by atoms with Gasteiger partial charge < -0.3 is 5.32 Å². The summed E-state index contributed by atoms with van der Waals surface area (Å²) in [6, 6.07) is 1.24. The van der Waals surface area contributed by atoms with Crippen LogP contribution in [0.5, 0.6) is 0 Å². The van der Waals surface area contributed by atoms with Crippen molar-refractivity contribution < 1.29 is 0 Å². The van der Waals surface area contributed by atoms with Crippen LogP contribution in [0.25, 0.3) is 0 Å². The number of hydrogen-bond acceptors (Lipinski definition) is 2. The van der Waals surface area contributed by atoms with E-state index in [9.17, 15) is 0 Å². The molecule has 98 valence electrons. The predicted molar refractivity (Wildman–Crippen MR) is 74.0 cm³/mol. The highest BCUT2D eigenvalue weighted by atomic mass is 15.2. The number of hydrogen-bond donors (Lipinski definition) is 1. The molecule has 2 heteroatoms. The smallest absolute Gasteiger partial charge is 0.0194 e. The number of rotatable bonds is 8. The Kier molecular flexibility index (Phi) is 7.25. The summed E-state index contributed by atoms with van der Waals surface area (Å²) in [6.45, 7) is 14.8. The van der Waals surface area contributed by atoms with E-state index in [2.05, 4.69) is 58.8 Å². The maximum absolute atomic E-state index is 3.62. The van der Waals surface area contributed by atoms with Gasteiger partial charge in [0.15, 0.2) is 0 Å². The van der Waals surface area contributed by atoms with Crippen LogP contribution < -0.4 is 5.32 Å². The van der Waals surface area contributed by atoms with Gasteiger partial charge in [-0.2, -0.15) is 0 Å². The van der Waals surface area contributed by atoms with E-state index in [1.54, 1.807) is 0 Å². The van der Waals surface area contributed by atoms with Crippen molar-refractivity contribution in [2.45, 2.75) is 78.4 Å². The number of nitrogens with one attached hydrogen (secondary N) is 1. The summed E-state index contributed by atoms with van der Waals surface area (Å²) in [5, 5.41) is 3.62. The van der Waals surface area contributed by atoms with E-state index in [0.29, 0.717) is 17.6 Å². The van der Waals surface area contributed by atoms with Crippen LogP contribution >= 0.6 is 0 Å². The molecule has 2 atom stereocenters. The molecule has 2 unspecified atom stereocenters. The second-order valence-corrected chi connectivity index (χ2v) is 5.72. The molecule has 0 aliphatic carbocycles. The van der Waals surface area contributed by atoms with E-state index >= 15 is 0 Å². The van der Waals surface area contributed by atoms with Crippen LogP contribution in [0.3, 0.4) is 0 Å². The third-order valence-corrected chi connectivity index (χ3v) is 3.96. The largest absolute Gasteiger partial charge is 0.313 e. The molecule has 0 aromatic rings. The van der Waals surface area contributed by atoms with E-state index in [1.165, 1.54) is 19.3 Å². The van der Waals surface area contributed by atoms with E-state index < -0.39 is 0 Å². The number of likely N-dealkylation sites (N-methyl/N-ethyl adjacent to an activating group) is 1. The van der Waals surface area contributed by atoms with E-state index in [-0.39, 0.29) is 0 Å². The van der Waals surface area contributed by atoms with Gasteiger partial charge >= 0.3 is 0 Å². The van der Waals surface area contributed by atoms with Crippen LogP contribution in [0, 0.1) is 0 Å². The van der Waals surface area contributed by atoms with Crippen molar-refractivity contribution in [2.24, 2.45) is 0 Å². The van der Waals surface area contributed by atoms with Crippen molar-refractivity contribution >= 4 is 0 Å². The van der Waals surface area contributed by atoms with E-state index in [1.807, 2.05) is 0 Å². The Morgan fingerprint density at radius 2 is 1.75 bits per heavy atom. The topological polar surface area (TPSA) is 15.3 Å². The Morgan fingerprint density at radius 1 is 1.19 bits per heavy atom. The fourth-order valence-corrected chi connectivity index (χ4v) is 1.89. The van der Waals surface area contributed by atoms with Crippen LogP contribution in [-0.4, -0.2) is 36.1 Å². The van der Waals surface area contributed by atoms with E-state index in [0.717, 1.165) is 6.54 Å². The molecule has 0 amide bonds. The minimum Gasteiger partial charge on any atom is -0.313 e. The molecule has 0 radical (unpaired) electrons. The van der Waals surface area contributed by atoms with Gasteiger partial charge in [0.05, 0.1) is 0 Å². The third-order valence-electron chi connectivity index (χ3n) is 3.96. The average molecular weight is 228 g/mol. The van der Waals surface area contributed by atoms with Gasteiger partial charge in [0.1, 0.15) is 0 Å². The molecule has 0 spiro atoms. The Hall–Kier alpha value is -0.0800. The zero-order valence-corrected chi connectivity index (χ0v) is 12.4. The molecule has 0 aliphatic heterocycles. The summed E-state index contributed by atoms with van der Waals surface area (Å²) in [4.78, 5) is 2.48. The zero-order chi connectivity index (χ0) is 12.8. The minimum atomic E-state index is 0.301. The lowest BCUT2D eigenvalue weighted by molar-refractivity contribution is 0.103. The maximum atomic E-state index is 3.62. The fraction of sp³-hybridized carbons (Fsp3) is 1.00.